The molecule has 4 nitrogen and oxygen atoms in total. The second-order valence-electron chi connectivity index (χ2n) is 2.99. The van der Waals surface area contributed by atoms with Crippen molar-refractivity contribution in [2.45, 2.75) is 25.8 Å². The van der Waals surface area contributed by atoms with Crippen LogP contribution in [-0.2, 0) is 4.79 Å². The molecule has 1 rings (SSSR count). The van der Waals surface area contributed by atoms with Crippen LogP contribution in [0.1, 0.15) is 19.8 Å². The molecule has 1 unspecified atom stereocenters. The molecule has 4 heteroatoms. The molecule has 1 heterocycles. The molecule has 0 saturated heterocycles. The van der Waals surface area contributed by atoms with Crippen molar-refractivity contribution in [1.82, 2.24) is 5.43 Å². The molecule has 1 aliphatic heterocycles. The highest BCUT2D eigenvalue weighted by atomic mass is 16.1. The highest BCUT2D eigenvalue weighted by molar-refractivity contribution is 5.75. The van der Waals surface area contributed by atoms with Crippen LogP contribution in [0.25, 0.3) is 0 Å². The van der Waals surface area contributed by atoms with Gasteiger partial charge in [-0.3, -0.25) is 4.79 Å². The normalized spacial score (nSPS) is 22.4. The first-order valence-corrected chi connectivity index (χ1v) is 3.91. The van der Waals surface area contributed by atoms with Crippen LogP contribution in [0.3, 0.4) is 0 Å². The van der Waals surface area contributed by atoms with E-state index in [0.29, 0.717) is 6.42 Å². The van der Waals surface area contributed by atoms with Crippen molar-refractivity contribution in [3.63, 3.8) is 0 Å². The molecule has 3 N–H and O–H groups in total. The average molecular weight is 167 g/mol. The Hall–Kier alpha value is -1.32. The summed E-state index contributed by atoms with van der Waals surface area (Å²) in [6, 6.07) is 0.0532. The van der Waals surface area contributed by atoms with Gasteiger partial charge in [0.2, 0.25) is 5.91 Å². The monoisotopic (exact) mass is 167 g/mol. The van der Waals surface area contributed by atoms with Crippen LogP contribution in [-0.4, -0.2) is 18.2 Å². The van der Waals surface area contributed by atoms with E-state index >= 15 is 0 Å². The molecule has 0 radical (unpaired) electrons. The second kappa shape index (κ2) is 3.90. The van der Waals surface area contributed by atoms with Crippen molar-refractivity contribution in [2.75, 3.05) is 0 Å². The van der Waals surface area contributed by atoms with Crippen molar-refractivity contribution in [3.05, 3.63) is 11.6 Å². The first-order chi connectivity index (χ1) is 5.68. The summed E-state index contributed by atoms with van der Waals surface area (Å²) in [5.41, 5.74) is 9.13. The third-order valence-corrected chi connectivity index (χ3v) is 1.71. The van der Waals surface area contributed by atoms with Crippen molar-refractivity contribution >= 4 is 12.1 Å². The topological polar surface area (TPSA) is 67.5 Å². The summed E-state index contributed by atoms with van der Waals surface area (Å²) < 4.78 is 0. The molecule has 0 saturated carbocycles. The largest absolute Gasteiger partial charge is 0.370 e. The standard InChI is InChI=1S/C8H13N3O/c1-6-2-3-10-11-7(4-6)5-8(9)12/h2-3,7,11H,4-5H2,1H3,(H2,9,12). The number of hydrogen-bond acceptors (Lipinski definition) is 3. The number of nitrogens with two attached hydrogens (primary N) is 1. The predicted molar refractivity (Wildman–Crippen MR) is 47.6 cm³/mol. The Morgan fingerprint density at radius 1 is 1.92 bits per heavy atom. The summed E-state index contributed by atoms with van der Waals surface area (Å²) in [5, 5.41) is 3.90. The van der Waals surface area contributed by atoms with E-state index in [1.807, 2.05) is 13.0 Å². The molecule has 0 fully saturated rings. The van der Waals surface area contributed by atoms with E-state index in [4.69, 9.17) is 5.73 Å². The molecule has 1 aliphatic rings. The van der Waals surface area contributed by atoms with Crippen molar-refractivity contribution in [1.29, 1.82) is 0 Å². The number of amides is 1. The summed E-state index contributed by atoms with van der Waals surface area (Å²) in [5.74, 6) is -0.294. The molecule has 0 aromatic heterocycles. The van der Waals surface area contributed by atoms with E-state index in [-0.39, 0.29) is 11.9 Å². The highest BCUT2D eigenvalue weighted by Crippen LogP contribution is 2.08. The molecule has 1 atom stereocenters. The fraction of sp³-hybridized carbons (Fsp3) is 0.500. The molecule has 0 bridgehead atoms. The van der Waals surface area contributed by atoms with Crippen molar-refractivity contribution in [3.8, 4) is 0 Å². The smallest absolute Gasteiger partial charge is 0.219 e. The number of hydrogen-bond donors (Lipinski definition) is 2. The van der Waals surface area contributed by atoms with Gasteiger partial charge in [0, 0.05) is 12.6 Å². The van der Waals surface area contributed by atoms with E-state index in [1.165, 1.54) is 5.57 Å². The zero-order valence-corrected chi connectivity index (χ0v) is 7.08. The molecule has 66 valence electrons. The molecular formula is C8H13N3O. The summed E-state index contributed by atoms with van der Waals surface area (Å²) in [4.78, 5) is 10.6. The fourth-order valence-corrected chi connectivity index (χ4v) is 1.18. The third kappa shape index (κ3) is 2.74. The number of hydrazone groups is 1. The number of nitrogens with one attached hydrogen (secondary N) is 1. The zero-order chi connectivity index (χ0) is 8.97. The van der Waals surface area contributed by atoms with Gasteiger partial charge in [-0.2, -0.15) is 5.10 Å². The number of allylic oxidation sites excluding steroid dienone is 1. The minimum Gasteiger partial charge on any atom is -0.370 e. The molecule has 0 aliphatic carbocycles. The van der Waals surface area contributed by atoms with Crippen LogP contribution >= 0.6 is 0 Å². The second-order valence-corrected chi connectivity index (χ2v) is 2.99. The van der Waals surface area contributed by atoms with E-state index in [1.54, 1.807) is 6.21 Å². The van der Waals surface area contributed by atoms with E-state index in [2.05, 4.69) is 10.5 Å². The van der Waals surface area contributed by atoms with Gasteiger partial charge in [0.05, 0.1) is 6.04 Å². The van der Waals surface area contributed by atoms with E-state index in [0.717, 1.165) is 6.42 Å². The van der Waals surface area contributed by atoms with Gasteiger partial charge in [-0.05, 0) is 19.4 Å². The summed E-state index contributed by atoms with van der Waals surface area (Å²) >= 11 is 0. The first-order valence-electron chi connectivity index (χ1n) is 3.91. The molecule has 12 heavy (non-hydrogen) atoms. The minimum absolute atomic E-state index is 0.0532. The van der Waals surface area contributed by atoms with Gasteiger partial charge < -0.3 is 11.2 Å². The maximum atomic E-state index is 10.6. The zero-order valence-electron chi connectivity index (χ0n) is 7.08. The lowest BCUT2D eigenvalue weighted by atomic mass is 10.1. The Morgan fingerprint density at radius 3 is 3.33 bits per heavy atom. The summed E-state index contributed by atoms with van der Waals surface area (Å²) in [6.45, 7) is 2.01. The van der Waals surface area contributed by atoms with Crippen molar-refractivity contribution in [2.24, 2.45) is 10.8 Å². The Bertz CT molecular complexity index is 232. The van der Waals surface area contributed by atoms with Crippen LogP contribution in [0, 0.1) is 0 Å². The van der Waals surface area contributed by atoms with Crippen molar-refractivity contribution < 1.29 is 4.79 Å². The Labute approximate surface area is 71.5 Å². The quantitative estimate of drug-likeness (QED) is 0.615. The maximum Gasteiger partial charge on any atom is 0.219 e. The van der Waals surface area contributed by atoms with Gasteiger partial charge in [0.1, 0.15) is 0 Å². The lowest BCUT2D eigenvalue weighted by Crippen LogP contribution is -2.29. The average Bonchev–Trinajstić information content (AvgIpc) is 2.12. The van der Waals surface area contributed by atoms with Crippen LogP contribution in [0.15, 0.2) is 16.8 Å². The van der Waals surface area contributed by atoms with Crippen LogP contribution in [0.5, 0.6) is 0 Å². The van der Waals surface area contributed by atoms with Gasteiger partial charge in [-0.15, -0.1) is 0 Å². The number of carbonyl (C=O) groups excluding carboxylic acids is 1. The van der Waals surface area contributed by atoms with Gasteiger partial charge in [-0.25, -0.2) is 0 Å². The number of nitrogens with zero attached hydrogens (tertiary/aromatic N) is 1. The summed E-state index contributed by atoms with van der Waals surface area (Å²) in [6.07, 6.45) is 4.77. The van der Waals surface area contributed by atoms with E-state index in [9.17, 15) is 4.79 Å². The molecular weight excluding hydrogens is 154 g/mol. The lowest BCUT2D eigenvalue weighted by molar-refractivity contribution is -0.118. The van der Waals surface area contributed by atoms with Gasteiger partial charge in [-0.1, -0.05) is 5.57 Å². The number of rotatable bonds is 2. The molecule has 1 amide bonds. The lowest BCUT2D eigenvalue weighted by Gasteiger charge is -2.12. The third-order valence-electron chi connectivity index (χ3n) is 1.71. The number of carbonyl (C=O) groups is 1. The van der Waals surface area contributed by atoms with Gasteiger partial charge >= 0.3 is 0 Å². The molecule has 0 spiro atoms. The Morgan fingerprint density at radius 2 is 2.67 bits per heavy atom. The minimum atomic E-state index is -0.294. The number of primary amides is 1. The molecule has 0 aromatic rings. The van der Waals surface area contributed by atoms with Crippen LogP contribution < -0.4 is 11.2 Å². The van der Waals surface area contributed by atoms with Crippen LogP contribution in [0.4, 0.5) is 0 Å². The summed E-state index contributed by atoms with van der Waals surface area (Å²) in [7, 11) is 0. The Balaban J connectivity index is 2.51. The van der Waals surface area contributed by atoms with E-state index < -0.39 is 0 Å². The van der Waals surface area contributed by atoms with Gasteiger partial charge in [0.15, 0.2) is 0 Å². The van der Waals surface area contributed by atoms with Crippen LogP contribution in [0.2, 0.25) is 0 Å². The molecule has 0 aromatic carbocycles. The SMILES string of the molecule is CC1=CC=NNC(CC(N)=O)C1. The Kier molecular flexibility index (Phi) is 2.85. The van der Waals surface area contributed by atoms with Gasteiger partial charge in [0.25, 0.3) is 0 Å². The maximum absolute atomic E-state index is 10.6. The first kappa shape index (κ1) is 8.77. The predicted octanol–water partition coefficient (Wildman–Crippen LogP) is 0.156. The highest BCUT2D eigenvalue weighted by Gasteiger charge is 2.12. The fourth-order valence-electron chi connectivity index (χ4n) is 1.18.